The molecule has 11 heteroatoms. The van der Waals surface area contributed by atoms with Crippen LogP contribution in [0.4, 0.5) is 8.78 Å². The zero-order chi connectivity index (χ0) is 23.9. The van der Waals surface area contributed by atoms with E-state index in [1.54, 1.807) is 4.68 Å². The summed E-state index contributed by atoms with van der Waals surface area (Å²) >= 11 is 3.45. The molecule has 8 nitrogen and oxygen atoms in total. The highest BCUT2D eigenvalue weighted by Crippen LogP contribution is 2.32. The Balaban J connectivity index is 1.45. The van der Waals surface area contributed by atoms with Crippen LogP contribution in [0, 0.1) is 11.6 Å². The van der Waals surface area contributed by atoms with Gasteiger partial charge in [0, 0.05) is 34.3 Å². The maximum absolute atomic E-state index is 14.9. The van der Waals surface area contributed by atoms with E-state index in [2.05, 4.69) is 36.0 Å². The molecule has 0 amide bonds. The Labute approximate surface area is 203 Å². The average Bonchev–Trinajstić information content (AvgIpc) is 3.48. The molecular weight excluding hydrogens is 508 g/mol. The molecule has 2 aromatic carbocycles. The van der Waals surface area contributed by atoms with Gasteiger partial charge in [-0.2, -0.15) is 19.6 Å². The van der Waals surface area contributed by atoms with Gasteiger partial charge in [-0.25, -0.2) is 8.78 Å². The molecule has 5 rings (SSSR count). The lowest BCUT2D eigenvalue weighted by molar-refractivity contribution is -0.768. The third-order valence-electron chi connectivity index (χ3n) is 6.42. The van der Waals surface area contributed by atoms with Gasteiger partial charge in [0.1, 0.15) is 36.9 Å². The van der Waals surface area contributed by atoms with Gasteiger partial charge in [0.05, 0.1) is 0 Å². The van der Waals surface area contributed by atoms with Gasteiger partial charge < -0.3 is 5.11 Å². The summed E-state index contributed by atoms with van der Waals surface area (Å²) < 4.78 is 33.1. The lowest BCUT2D eigenvalue weighted by Crippen LogP contribution is -2.61. The molecule has 0 aliphatic carbocycles. The summed E-state index contributed by atoms with van der Waals surface area (Å²) in [5, 5.41) is 18.1. The Morgan fingerprint density at radius 1 is 1.24 bits per heavy atom. The quantitative estimate of drug-likeness (QED) is 0.333. The summed E-state index contributed by atoms with van der Waals surface area (Å²) in [6, 6.07) is 10.6. The molecule has 0 saturated carbocycles. The van der Waals surface area contributed by atoms with Gasteiger partial charge in [-0.3, -0.25) is 4.90 Å². The number of halogens is 3. The number of aliphatic hydroxyl groups is 1. The first kappa shape index (κ1) is 22.8. The van der Waals surface area contributed by atoms with Crippen molar-refractivity contribution in [3.05, 3.63) is 82.6 Å². The first-order chi connectivity index (χ1) is 16.3. The fourth-order valence-corrected chi connectivity index (χ4v) is 4.72. The van der Waals surface area contributed by atoms with Crippen molar-refractivity contribution in [2.45, 2.75) is 38.2 Å². The molecule has 1 aliphatic heterocycles. The molecule has 3 N–H and O–H groups in total. The Hall–Kier alpha value is -3.02. The SMILES string of the molecule is C[C@@H](N1CC[n+]2[nH]c(-c3ccc(Br)cc3)nc2C1)[C@](O)(C[n+]1cnc[nH]1)c1ccc(F)cc1F. The lowest BCUT2D eigenvalue weighted by atomic mass is 9.85. The van der Waals surface area contributed by atoms with Crippen LogP contribution in [0.2, 0.25) is 0 Å². The van der Waals surface area contributed by atoms with Gasteiger partial charge in [-0.1, -0.05) is 22.0 Å². The highest BCUT2D eigenvalue weighted by molar-refractivity contribution is 9.10. The number of nitrogens with zero attached hydrogens (tertiary/aromatic N) is 5. The standard InChI is InChI=1S/C23H22BrF2N7O/c1-15(23(34,12-32-14-27-13-28-32)19-7-6-18(25)10-20(19)26)31-8-9-33-21(11-31)29-22(30-33)16-2-4-17(24)5-3-16/h2-7,10,13-15,34H,8-9,11-12H2,1H3/p+2/t15-,23-/m1/s1. The van der Waals surface area contributed by atoms with Crippen molar-refractivity contribution in [3.63, 3.8) is 0 Å². The second-order valence-electron chi connectivity index (χ2n) is 8.49. The van der Waals surface area contributed by atoms with Crippen LogP contribution >= 0.6 is 15.9 Å². The zero-order valence-corrected chi connectivity index (χ0v) is 20.0. The third-order valence-corrected chi connectivity index (χ3v) is 6.95. The minimum Gasteiger partial charge on any atom is -0.379 e. The number of benzene rings is 2. The van der Waals surface area contributed by atoms with Crippen LogP contribution in [0.5, 0.6) is 0 Å². The third kappa shape index (κ3) is 4.26. The fourth-order valence-electron chi connectivity index (χ4n) is 4.45. The Bertz CT molecular complexity index is 1300. The van der Waals surface area contributed by atoms with E-state index in [1.807, 2.05) is 35.9 Å². The van der Waals surface area contributed by atoms with Gasteiger partial charge in [0.25, 0.3) is 5.82 Å². The first-order valence-electron chi connectivity index (χ1n) is 10.9. The normalized spacial score (nSPS) is 16.7. The second kappa shape index (κ2) is 8.97. The summed E-state index contributed by atoms with van der Waals surface area (Å²) in [5.41, 5.74) is -0.674. The highest BCUT2D eigenvalue weighted by Gasteiger charge is 2.45. The minimum absolute atomic E-state index is 0.0118. The highest BCUT2D eigenvalue weighted by atomic mass is 79.9. The lowest BCUT2D eigenvalue weighted by Gasteiger charge is -2.40. The summed E-state index contributed by atoms with van der Waals surface area (Å²) in [4.78, 5) is 10.8. The maximum Gasteiger partial charge on any atom is 0.333 e. The van der Waals surface area contributed by atoms with Gasteiger partial charge in [0.15, 0.2) is 0 Å². The molecule has 0 unspecified atom stereocenters. The monoisotopic (exact) mass is 531 g/mol. The van der Waals surface area contributed by atoms with Crippen molar-refractivity contribution in [1.82, 2.24) is 25.1 Å². The molecule has 0 saturated heterocycles. The number of hydrogen-bond donors (Lipinski definition) is 3. The van der Waals surface area contributed by atoms with Crippen molar-refractivity contribution < 1.29 is 23.3 Å². The topological polar surface area (TPSA) is 88.6 Å². The number of aromatic nitrogens is 6. The summed E-state index contributed by atoms with van der Waals surface area (Å²) in [6.45, 7) is 3.55. The summed E-state index contributed by atoms with van der Waals surface area (Å²) in [7, 11) is 0. The van der Waals surface area contributed by atoms with E-state index < -0.39 is 23.3 Å². The van der Waals surface area contributed by atoms with Crippen molar-refractivity contribution in [2.75, 3.05) is 6.54 Å². The number of aromatic amines is 2. The molecule has 4 aromatic rings. The molecule has 2 aromatic heterocycles. The van der Waals surface area contributed by atoms with E-state index in [0.717, 1.165) is 33.8 Å². The number of fused-ring (bicyclic) bond motifs is 1. The number of hydrogen-bond acceptors (Lipinski definition) is 4. The summed E-state index contributed by atoms with van der Waals surface area (Å²) in [6.07, 6.45) is 2.99. The number of rotatable bonds is 6. The van der Waals surface area contributed by atoms with E-state index in [0.29, 0.717) is 19.6 Å². The fraction of sp³-hybridized carbons (Fsp3) is 0.304. The Morgan fingerprint density at radius 3 is 2.74 bits per heavy atom. The average molecular weight is 532 g/mol. The zero-order valence-electron chi connectivity index (χ0n) is 18.4. The van der Waals surface area contributed by atoms with E-state index in [1.165, 1.54) is 18.7 Å². The molecule has 0 spiro atoms. The predicted molar refractivity (Wildman–Crippen MR) is 121 cm³/mol. The largest absolute Gasteiger partial charge is 0.379 e. The Morgan fingerprint density at radius 2 is 2.03 bits per heavy atom. The van der Waals surface area contributed by atoms with Crippen LogP contribution in [0.25, 0.3) is 11.4 Å². The molecule has 3 heterocycles. The molecule has 176 valence electrons. The van der Waals surface area contributed by atoms with Crippen LogP contribution in [-0.2, 0) is 25.2 Å². The van der Waals surface area contributed by atoms with Crippen LogP contribution < -0.4 is 9.36 Å². The minimum atomic E-state index is -1.66. The molecule has 0 bridgehead atoms. The molecule has 2 atom stereocenters. The van der Waals surface area contributed by atoms with Crippen molar-refractivity contribution in [1.29, 1.82) is 0 Å². The second-order valence-corrected chi connectivity index (χ2v) is 9.41. The molecule has 34 heavy (non-hydrogen) atoms. The van der Waals surface area contributed by atoms with E-state index in [-0.39, 0.29) is 12.1 Å². The van der Waals surface area contributed by atoms with Crippen molar-refractivity contribution in [2.24, 2.45) is 0 Å². The molecule has 0 radical (unpaired) electrons. The number of nitrogens with one attached hydrogen (secondary N) is 2. The van der Waals surface area contributed by atoms with Crippen molar-refractivity contribution >= 4 is 15.9 Å². The molecule has 0 fully saturated rings. The van der Waals surface area contributed by atoms with Gasteiger partial charge in [-0.05, 0) is 47.2 Å². The Kier molecular flexibility index (Phi) is 6.00. The van der Waals surface area contributed by atoms with Crippen molar-refractivity contribution in [3.8, 4) is 11.4 Å². The van der Waals surface area contributed by atoms with Crippen LogP contribution in [0.15, 0.2) is 59.6 Å². The smallest absolute Gasteiger partial charge is 0.333 e. The van der Waals surface area contributed by atoms with E-state index in [4.69, 9.17) is 4.98 Å². The van der Waals surface area contributed by atoms with Gasteiger partial charge in [-0.15, -0.1) is 0 Å². The molecule has 1 aliphatic rings. The van der Waals surface area contributed by atoms with Crippen LogP contribution in [0.3, 0.4) is 0 Å². The first-order valence-corrected chi connectivity index (χ1v) is 11.7. The summed E-state index contributed by atoms with van der Waals surface area (Å²) in [5.74, 6) is 0.0808. The van der Waals surface area contributed by atoms with Gasteiger partial charge >= 0.3 is 12.2 Å². The van der Waals surface area contributed by atoms with Crippen LogP contribution in [0.1, 0.15) is 18.3 Å². The number of H-pyrrole nitrogens is 2. The van der Waals surface area contributed by atoms with Gasteiger partial charge in [0.2, 0.25) is 6.33 Å². The maximum atomic E-state index is 14.9. The molecular formula is C23H24BrF2N7O+2. The predicted octanol–water partition coefficient (Wildman–Crippen LogP) is 2.21. The van der Waals surface area contributed by atoms with E-state index >= 15 is 0 Å². The van der Waals surface area contributed by atoms with E-state index in [9.17, 15) is 13.9 Å². The van der Waals surface area contributed by atoms with Crippen LogP contribution in [-0.4, -0.2) is 42.8 Å².